The molecule has 0 saturated carbocycles. The SMILES string of the molecule is CCN(CC(C)C#N)c1nccn(C)c1=O. The fourth-order valence-electron chi connectivity index (χ4n) is 1.44. The lowest BCUT2D eigenvalue weighted by molar-refractivity contribution is 0.669. The average Bonchev–Trinajstić information content (AvgIpc) is 2.29. The van der Waals surface area contributed by atoms with Crippen molar-refractivity contribution in [2.24, 2.45) is 13.0 Å². The van der Waals surface area contributed by atoms with Crippen LogP contribution in [-0.2, 0) is 7.05 Å². The van der Waals surface area contributed by atoms with Crippen LogP contribution in [0.1, 0.15) is 13.8 Å². The van der Waals surface area contributed by atoms with Crippen LogP contribution in [0.2, 0.25) is 0 Å². The zero-order valence-electron chi connectivity index (χ0n) is 9.84. The molecule has 0 amide bonds. The Balaban J connectivity index is 3.01. The molecular formula is C11H16N4O. The van der Waals surface area contributed by atoms with Gasteiger partial charge < -0.3 is 9.47 Å². The summed E-state index contributed by atoms with van der Waals surface area (Å²) in [5.74, 6) is 0.293. The summed E-state index contributed by atoms with van der Waals surface area (Å²) in [6.45, 7) is 4.96. The van der Waals surface area contributed by atoms with Crippen molar-refractivity contribution in [2.75, 3.05) is 18.0 Å². The number of rotatable bonds is 4. The second-order valence-electron chi connectivity index (χ2n) is 3.74. The molecule has 0 aliphatic carbocycles. The van der Waals surface area contributed by atoms with Gasteiger partial charge in [-0.3, -0.25) is 4.79 Å². The van der Waals surface area contributed by atoms with Gasteiger partial charge in [0.2, 0.25) is 0 Å². The Kier molecular flexibility index (Phi) is 4.06. The van der Waals surface area contributed by atoms with Gasteiger partial charge in [-0.05, 0) is 13.8 Å². The van der Waals surface area contributed by atoms with Crippen molar-refractivity contribution < 1.29 is 0 Å². The van der Waals surface area contributed by atoms with Gasteiger partial charge in [0, 0.05) is 32.5 Å². The first-order valence-corrected chi connectivity index (χ1v) is 5.26. The van der Waals surface area contributed by atoms with Crippen molar-refractivity contribution in [2.45, 2.75) is 13.8 Å². The van der Waals surface area contributed by atoms with E-state index in [9.17, 15) is 4.79 Å². The third kappa shape index (κ3) is 2.60. The van der Waals surface area contributed by atoms with Gasteiger partial charge in [-0.15, -0.1) is 0 Å². The van der Waals surface area contributed by atoms with Gasteiger partial charge >= 0.3 is 0 Å². The highest BCUT2D eigenvalue weighted by molar-refractivity contribution is 5.35. The summed E-state index contributed by atoms with van der Waals surface area (Å²) in [7, 11) is 1.69. The quantitative estimate of drug-likeness (QED) is 0.751. The largest absolute Gasteiger partial charge is 0.351 e. The molecule has 0 N–H and O–H groups in total. The minimum absolute atomic E-state index is 0.119. The lowest BCUT2D eigenvalue weighted by Crippen LogP contribution is -2.35. The van der Waals surface area contributed by atoms with Gasteiger partial charge in [-0.25, -0.2) is 4.98 Å². The molecule has 0 aromatic carbocycles. The summed E-state index contributed by atoms with van der Waals surface area (Å²) in [6.07, 6.45) is 3.21. The maximum atomic E-state index is 11.8. The van der Waals surface area contributed by atoms with Gasteiger partial charge in [0.1, 0.15) is 0 Å². The van der Waals surface area contributed by atoms with Gasteiger partial charge in [-0.2, -0.15) is 5.26 Å². The summed E-state index contributed by atoms with van der Waals surface area (Å²) >= 11 is 0. The van der Waals surface area contributed by atoms with Crippen molar-refractivity contribution in [3.05, 3.63) is 22.7 Å². The topological polar surface area (TPSA) is 61.9 Å². The molecule has 1 heterocycles. The van der Waals surface area contributed by atoms with Crippen molar-refractivity contribution >= 4 is 5.82 Å². The third-order valence-electron chi connectivity index (χ3n) is 2.39. The van der Waals surface area contributed by atoms with E-state index in [0.717, 1.165) is 0 Å². The monoisotopic (exact) mass is 220 g/mol. The zero-order chi connectivity index (χ0) is 12.1. The van der Waals surface area contributed by atoms with Crippen LogP contribution in [0.3, 0.4) is 0 Å². The molecule has 0 aliphatic rings. The van der Waals surface area contributed by atoms with Crippen molar-refractivity contribution in [3.8, 4) is 6.07 Å². The fraction of sp³-hybridized carbons (Fsp3) is 0.545. The molecule has 86 valence electrons. The van der Waals surface area contributed by atoms with E-state index in [1.165, 1.54) is 4.57 Å². The van der Waals surface area contributed by atoms with Crippen molar-refractivity contribution in [3.63, 3.8) is 0 Å². The molecule has 1 rings (SSSR count). The Morgan fingerprint density at radius 3 is 2.94 bits per heavy atom. The molecule has 1 aromatic heterocycles. The Morgan fingerprint density at radius 2 is 2.38 bits per heavy atom. The van der Waals surface area contributed by atoms with Crippen LogP contribution < -0.4 is 10.5 Å². The molecule has 5 nitrogen and oxygen atoms in total. The molecule has 1 aromatic rings. The molecule has 1 unspecified atom stereocenters. The van der Waals surface area contributed by atoms with E-state index in [2.05, 4.69) is 11.1 Å². The van der Waals surface area contributed by atoms with E-state index >= 15 is 0 Å². The highest BCUT2D eigenvalue weighted by atomic mass is 16.1. The minimum Gasteiger partial charge on any atom is -0.351 e. The Labute approximate surface area is 94.9 Å². The molecule has 5 heteroatoms. The second-order valence-corrected chi connectivity index (χ2v) is 3.74. The standard InChI is InChI=1S/C11H16N4O/c1-4-15(8-9(2)7-12)10-11(16)14(3)6-5-13-10/h5-6,9H,4,8H2,1-3H3. The van der Waals surface area contributed by atoms with Crippen molar-refractivity contribution in [1.29, 1.82) is 5.26 Å². The summed E-state index contributed by atoms with van der Waals surface area (Å²) < 4.78 is 1.49. The highest BCUT2D eigenvalue weighted by Crippen LogP contribution is 2.06. The Bertz CT molecular complexity index is 446. The van der Waals surface area contributed by atoms with Crippen LogP contribution in [0.4, 0.5) is 5.82 Å². The number of anilines is 1. The summed E-state index contributed by atoms with van der Waals surface area (Å²) in [5.41, 5.74) is -0.130. The van der Waals surface area contributed by atoms with Gasteiger partial charge in [-0.1, -0.05) is 0 Å². The van der Waals surface area contributed by atoms with E-state index in [0.29, 0.717) is 18.9 Å². The van der Waals surface area contributed by atoms with Crippen molar-refractivity contribution in [1.82, 2.24) is 9.55 Å². The molecule has 1 atom stereocenters. The molecule has 0 bridgehead atoms. The lowest BCUT2D eigenvalue weighted by atomic mass is 10.2. The van der Waals surface area contributed by atoms with E-state index in [4.69, 9.17) is 5.26 Å². The number of hydrogen-bond donors (Lipinski definition) is 0. The van der Waals surface area contributed by atoms with Crippen LogP contribution >= 0.6 is 0 Å². The van der Waals surface area contributed by atoms with Gasteiger partial charge in [0.25, 0.3) is 5.56 Å². The van der Waals surface area contributed by atoms with Crippen LogP contribution in [-0.4, -0.2) is 22.6 Å². The fourth-order valence-corrected chi connectivity index (χ4v) is 1.44. The smallest absolute Gasteiger partial charge is 0.293 e. The predicted octanol–water partition coefficient (Wildman–Crippen LogP) is 0.766. The van der Waals surface area contributed by atoms with Gasteiger partial charge in [0.05, 0.1) is 12.0 Å². The number of hydrogen-bond acceptors (Lipinski definition) is 4. The van der Waals surface area contributed by atoms with E-state index in [-0.39, 0.29) is 11.5 Å². The summed E-state index contributed by atoms with van der Waals surface area (Å²) in [5, 5.41) is 8.77. The molecule has 0 saturated heterocycles. The number of aryl methyl sites for hydroxylation is 1. The summed E-state index contributed by atoms with van der Waals surface area (Å²) in [4.78, 5) is 17.7. The molecular weight excluding hydrogens is 204 g/mol. The first-order valence-electron chi connectivity index (χ1n) is 5.26. The normalized spacial score (nSPS) is 11.9. The third-order valence-corrected chi connectivity index (χ3v) is 2.39. The number of aromatic nitrogens is 2. The highest BCUT2D eigenvalue weighted by Gasteiger charge is 2.13. The Hall–Kier alpha value is -1.83. The number of nitrogens with zero attached hydrogens (tertiary/aromatic N) is 4. The van der Waals surface area contributed by atoms with E-state index < -0.39 is 0 Å². The zero-order valence-corrected chi connectivity index (χ0v) is 9.84. The molecule has 0 radical (unpaired) electrons. The van der Waals surface area contributed by atoms with Crippen LogP contribution in [0.25, 0.3) is 0 Å². The van der Waals surface area contributed by atoms with Crippen LogP contribution in [0.15, 0.2) is 17.2 Å². The Morgan fingerprint density at radius 1 is 1.69 bits per heavy atom. The molecule has 16 heavy (non-hydrogen) atoms. The number of nitriles is 1. The van der Waals surface area contributed by atoms with E-state index in [1.807, 2.05) is 18.7 Å². The maximum absolute atomic E-state index is 11.8. The first-order chi connectivity index (χ1) is 7.60. The van der Waals surface area contributed by atoms with Crippen LogP contribution in [0.5, 0.6) is 0 Å². The first kappa shape index (κ1) is 12.2. The molecule has 0 fully saturated rings. The molecule has 0 spiro atoms. The van der Waals surface area contributed by atoms with Crippen LogP contribution in [0, 0.1) is 17.2 Å². The predicted molar refractivity (Wildman–Crippen MR) is 62.1 cm³/mol. The minimum atomic E-state index is -0.130. The second kappa shape index (κ2) is 5.31. The van der Waals surface area contributed by atoms with E-state index in [1.54, 1.807) is 19.4 Å². The average molecular weight is 220 g/mol. The molecule has 0 aliphatic heterocycles. The maximum Gasteiger partial charge on any atom is 0.293 e. The summed E-state index contributed by atoms with van der Waals surface area (Å²) in [6, 6.07) is 2.16. The van der Waals surface area contributed by atoms with Gasteiger partial charge in [0.15, 0.2) is 5.82 Å². The lowest BCUT2D eigenvalue weighted by Gasteiger charge is -2.22.